The highest BCUT2D eigenvalue weighted by molar-refractivity contribution is 5.93. The van der Waals surface area contributed by atoms with Gasteiger partial charge >= 0.3 is 12.1 Å². The van der Waals surface area contributed by atoms with E-state index in [1.807, 2.05) is 0 Å². The summed E-state index contributed by atoms with van der Waals surface area (Å²) in [7, 11) is 1.61. The van der Waals surface area contributed by atoms with Gasteiger partial charge in [0.05, 0.1) is 0 Å². The number of carbonyl (C=O) groups is 1. The van der Waals surface area contributed by atoms with Crippen LogP contribution in [0.1, 0.15) is 16.1 Å². The van der Waals surface area contributed by atoms with Gasteiger partial charge in [-0.2, -0.15) is 18.3 Å². The quantitative estimate of drug-likeness (QED) is 0.904. The zero-order chi connectivity index (χ0) is 14.9. The van der Waals surface area contributed by atoms with Gasteiger partial charge in [0.1, 0.15) is 17.1 Å². The molecule has 0 unspecified atom stereocenters. The third-order valence-electron chi connectivity index (χ3n) is 2.38. The molecule has 2 heterocycles. The molecule has 2 aromatic heterocycles. The van der Waals surface area contributed by atoms with Crippen molar-refractivity contribution in [2.45, 2.75) is 6.18 Å². The lowest BCUT2D eigenvalue weighted by atomic mass is 10.2. The molecule has 0 spiro atoms. The van der Waals surface area contributed by atoms with Crippen LogP contribution in [0.25, 0.3) is 0 Å². The summed E-state index contributed by atoms with van der Waals surface area (Å²) in [5, 5.41) is 15.3. The summed E-state index contributed by atoms with van der Waals surface area (Å²) in [5.41, 5.74) is -1.55. The molecule has 0 bridgehead atoms. The van der Waals surface area contributed by atoms with E-state index in [1.54, 1.807) is 13.2 Å². The summed E-state index contributed by atoms with van der Waals surface area (Å²) in [4.78, 5) is 14.3. The number of aryl methyl sites for hydroxylation is 1. The van der Waals surface area contributed by atoms with E-state index in [9.17, 15) is 18.0 Å². The Morgan fingerprint density at radius 1 is 1.35 bits per heavy atom. The van der Waals surface area contributed by atoms with E-state index in [2.05, 4.69) is 15.4 Å². The van der Waals surface area contributed by atoms with Gasteiger partial charge in [-0.05, 0) is 12.1 Å². The minimum Gasteiger partial charge on any atom is -0.478 e. The third kappa shape index (κ3) is 2.87. The molecule has 2 N–H and O–H groups in total. The van der Waals surface area contributed by atoms with Gasteiger partial charge in [0.15, 0.2) is 5.82 Å². The topological polar surface area (TPSA) is 80.0 Å². The van der Waals surface area contributed by atoms with Gasteiger partial charge in [-0.3, -0.25) is 4.68 Å². The molecular weight excluding hydrogens is 277 g/mol. The lowest BCUT2D eigenvalue weighted by Crippen LogP contribution is -2.12. The zero-order valence-corrected chi connectivity index (χ0v) is 10.1. The number of carboxylic acids is 1. The van der Waals surface area contributed by atoms with Gasteiger partial charge in [-0.1, -0.05) is 0 Å². The third-order valence-corrected chi connectivity index (χ3v) is 2.38. The first-order chi connectivity index (χ1) is 9.27. The van der Waals surface area contributed by atoms with E-state index < -0.39 is 23.7 Å². The van der Waals surface area contributed by atoms with Crippen molar-refractivity contribution in [1.29, 1.82) is 0 Å². The largest absolute Gasteiger partial charge is 0.478 e. The first-order valence-corrected chi connectivity index (χ1v) is 5.35. The standard InChI is InChI=1S/C11H9F3N4O2/c1-18-5-4-8(17-18)16-9-6(10(19)20)2-3-7(15-9)11(12,13)14/h2-5H,1H3,(H,19,20)(H,15,16,17). The minimum atomic E-state index is -4.66. The summed E-state index contributed by atoms with van der Waals surface area (Å²) in [6, 6.07) is 2.95. The molecule has 20 heavy (non-hydrogen) atoms. The smallest absolute Gasteiger partial charge is 0.433 e. The Morgan fingerprint density at radius 3 is 2.55 bits per heavy atom. The Morgan fingerprint density at radius 2 is 2.05 bits per heavy atom. The van der Waals surface area contributed by atoms with Crippen LogP contribution in [0.4, 0.5) is 24.8 Å². The van der Waals surface area contributed by atoms with E-state index in [0.29, 0.717) is 6.07 Å². The zero-order valence-electron chi connectivity index (χ0n) is 10.1. The Labute approximate surface area is 110 Å². The summed E-state index contributed by atoms with van der Waals surface area (Å²) in [6.07, 6.45) is -3.10. The second-order valence-corrected chi connectivity index (χ2v) is 3.90. The highest BCUT2D eigenvalue weighted by Gasteiger charge is 2.33. The van der Waals surface area contributed by atoms with Crippen LogP contribution in [0.2, 0.25) is 0 Å². The lowest BCUT2D eigenvalue weighted by Gasteiger charge is -2.10. The second-order valence-electron chi connectivity index (χ2n) is 3.90. The number of rotatable bonds is 3. The van der Waals surface area contributed by atoms with Crippen LogP contribution >= 0.6 is 0 Å². The minimum absolute atomic E-state index is 0.196. The fourth-order valence-corrected chi connectivity index (χ4v) is 1.49. The first-order valence-electron chi connectivity index (χ1n) is 5.35. The van der Waals surface area contributed by atoms with Crippen molar-refractivity contribution in [3.8, 4) is 0 Å². The number of aromatic nitrogens is 3. The summed E-state index contributed by atoms with van der Waals surface area (Å²) in [6.45, 7) is 0. The fourth-order valence-electron chi connectivity index (χ4n) is 1.49. The molecule has 0 saturated carbocycles. The maximum Gasteiger partial charge on any atom is 0.433 e. The lowest BCUT2D eigenvalue weighted by molar-refractivity contribution is -0.141. The number of anilines is 2. The Balaban J connectivity index is 2.44. The summed E-state index contributed by atoms with van der Waals surface area (Å²) in [5.74, 6) is -1.60. The molecule has 0 aliphatic carbocycles. The van der Waals surface area contributed by atoms with Crippen LogP contribution in [-0.2, 0) is 13.2 Å². The molecule has 0 radical (unpaired) electrons. The highest BCUT2D eigenvalue weighted by Crippen LogP contribution is 2.30. The average molecular weight is 286 g/mol. The van der Waals surface area contributed by atoms with Crippen molar-refractivity contribution in [2.24, 2.45) is 7.05 Å². The maximum atomic E-state index is 12.6. The van der Waals surface area contributed by atoms with E-state index >= 15 is 0 Å². The maximum absolute atomic E-state index is 12.6. The van der Waals surface area contributed by atoms with E-state index in [1.165, 1.54) is 10.7 Å². The van der Waals surface area contributed by atoms with E-state index in [0.717, 1.165) is 6.07 Å². The molecule has 6 nitrogen and oxygen atoms in total. The normalized spacial score (nSPS) is 11.4. The van der Waals surface area contributed by atoms with Crippen LogP contribution in [-0.4, -0.2) is 25.8 Å². The van der Waals surface area contributed by atoms with E-state index in [4.69, 9.17) is 5.11 Å². The van der Waals surface area contributed by atoms with Crippen molar-refractivity contribution in [2.75, 3.05) is 5.32 Å². The predicted octanol–water partition coefficient (Wildman–Crippen LogP) is 2.28. The number of halogens is 3. The number of hydrogen-bond acceptors (Lipinski definition) is 4. The highest BCUT2D eigenvalue weighted by atomic mass is 19.4. The molecule has 2 aromatic rings. The number of pyridine rings is 1. The second kappa shape index (κ2) is 4.83. The van der Waals surface area contributed by atoms with Crippen molar-refractivity contribution in [3.63, 3.8) is 0 Å². The van der Waals surface area contributed by atoms with Crippen LogP contribution in [0.15, 0.2) is 24.4 Å². The molecule has 0 aromatic carbocycles. The van der Waals surface area contributed by atoms with Crippen LogP contribution < -0.4 is 5.32 Å². The predicted molar refractivity (Wildman–Crippen MR) is 62.7 cm³/mol. The molecule has 0 amide bonds. The van der Waals surface area contributed by atoms with Gasteiger partial charge in [-0.15, -0.1) is 0 Å². The molecular formula is C11H9F3N4O2. The van der Waals surface area contributed by atoms with Gasteiger partial charge in [0.2, 0.25) is 0 Å². The van der Waals surface area contributed by atoms with Gasteiger partial charge in [0.25, 0.3) is 0 Å². The van der Waals surface area contributed by atoms with E-state index in [-0.39, 0.29) is 11.4 Å². The molecule has 0 aliphatic rings. The SMILES string of the molecule is Cn1ccc(Nc2nc(C(F)(F)F)ccc2C(=O)O)n1. The molecule has 106 valence electrons. The summed E-state index contributed by atoms with van der Waals surface area (Å²) >= 11 is 0. The fraction of sp³-hybridized carbons (Fsp3) is 0.182. The molecule has 9 heteroatoms. The van der Waals surface area contributed by atoms with Gasteiger partial charge in [0, 0.05) is 19.3 Å². The Hall–Kier alpha value is -2.58. The number of carboxylic acid groups (broad SMARTS) is 1. The average Bonchev–Trinajstić information content (AvgIpc) is 2.73. The number of nitrogens with one attached hydrogen (secondary N) is 1. The van der Waals surface area contributed by atoms with Crippen molar-refractivity contribution in [3.05, 3.63) is 35.7 Å². The number of alkyl halides is 3. The molecule has 2 rings (SSSR count). The number of hydrogen-bond donors (Lipinski definition) is 2. The van der Waals surface area contributed by atoms with Crippen molar-refractivity contribution < 1.29 is 23.1 Å². The van der Waals surface area contributed by atoms with Crippen molar-refractivity contribution >= 4 is 17.6 Å². The van der Waals surface area contributed by atoms with Crippen LogP contribution in [0.3, 0.4) is 0 Å². The molecule has 0 saturated heterocycles. The Bertz CT molecular complexity index is 651. The molecule has 0 aliphatic heterocycles. The Kier molecular flexibility index (Phi) is 3.35. The first kappa shape index (κ1) is 13.8. The number of aromatic carboxylic acids is 1. The monoisotopic (exact) mass is 286 g/mol. The molecule has 0 atom stereocenters. The van der Waals surface area contributed by atoms with Crippen LogP contribution in [0, 0.1) is 0 Å². The number of nitrogens with zero attached hydrogens (tertiary/aromatic N) is 3. The molecule has 0 fully saturated rings. The van der Waals surface area contributed by atoms with Crippen LogP contribution in [0.5, 0.6) is 0 Å². The van der Waals surface area contributed by atoms with Gasteiger partial charge in [-0.25, -0.2) is 9.78 Å². The summed E-state index contributed by atoms with van der Waals surface area (Å²) < 4.78 is 39.2. The van der Waals surface area contributed by atoms with Gasteiger partial charge < -0.3 is 10.4 Å². The van der Waals surface area contributed by atoms with Crippen molar-refractivity contribution in [1.82, 2.24) is 14.8 Å².